The first-order valence-corrected chi connectivity index (χ1v) is 9.69. The summed E-state index contributed by atoms with van der Waals surface area (Å²) in [4.78, 5) is 38.1. The Morgan fingerprint density at radius 2 is 1.56 bits per heavy atom. The van der Waals surface area contributed by atoms with E-state index in [1.54, 1.807) is 0 Å². The van der Waals surface area contributed by atoms with Crippen LogP contribution in [0.15, 0.2) is 11.3 Å². The molecule has 5 nitrogen and oxygen atoms in total. The van der Waals surface area contributed by atoms with Crippen molar-refractivity contribution in [2.45, 2.75) is 79.2 Å². The minimum absolute atomic E-state index is 0. The Morgan fingerprint density at radius 3 is 2.00 bits per heavy atom. The van der Waals surface area contributed by atoms with Crippen LogP contribution < -0.4 is 51.4 Å². The standard InChI is InChI=1S/C21H34O5.K.H/c1-12(2)7-9-15-19(24)18(16(22)11-14(5)6)20(25)21(15,26)17(23)10-8-13(3)4;;/h12-15,25-26H,7-11H2,1-6H3;;/q;+1;-1/t15-,21+;;/m1../s1. The minimum Gasteiger partial charge on any atom is -1.00 e. The van der Waals surface area contributed by atoms with Crippen molar-refractivity contribution in [3.05, 3.63) is 11.3 Å². The predicted octanol–water partition coefficient (Wildman–Crippen LogP) is 0.902. The molecule has 2 atom stereocenters. The summed E-state index contributed by atoms with van der Waals surface area (Å²) in [5.74, 6) is -2.92. The van der Waals surface area contributed by atoms with Gasteiger partial charge in [-0.1, -0.05) is 48.0 Å². The summed E-state index contributed by atoms with van der Waals surface area (Å²) in [6.45, 7) is 11.6. The second kappa shape index (κ2) is 11.4. The molecule has 0 heterocycles. The van der Waals surface area contributed by atoms with Gasteiger partial charge in [0.05, 0.1) is 5.92 Å². The summed E-state index contributed by atoms with van der Waals surface area (Å²) in [7, 11) is 0. The summed E-state index contributed by atoms with van der Waals surface area (Å²) in [5.41, 5.74) is -2.63. The van der Waals surface area contributed by atoms with Crippen LogP contribution in [0.3, 0.4) is 0 Å². The van der Waals surface area contributed by atoms with Gasteiger partial charge in [-0.3, -0.25) is 14.4 Å². The van der Waals surface area contributed by atoms with Crippen LogP contribution in [0, 0.1) is 23.7 Å². The Balaban J connectivity index is 0. The average molecular weight is 407 g/mol. The molecule has 0 aliphatic heterocycles. The maximum atomic E-state index is 12.9. The van der Waals surface area contributed by atoms with Crippen molar-refractivity contribution >= 4 is 17.3 Å². The number of hydrogen-bond donors (Lipinski definition) is 2. The minimum atomic E-state index is -2.26. The van der Waals surface area contributed by atoms with Crippen molar-refractivity contribution < 1.29 is 77.4 Å². The number of carbonyl (C=O) groups is 3. The van der Waals surface area contributed by atoms with E-state index in [1.807, 2.05) is 41.5 Å². The maximum absolute atomic E-state index is 12.9. The molecule has 0 bridgehead atoms. The van der Waals surface area contributed by atoms with E-state index in [2.05, 4.69) is 0 Å². The molecule has 1 aliphatic rings. The SMILES string of the molecule is CC(C)CCC(=O)[C@]1(O)C(O)=C(C(=O)CC(C)C)C(=O)[C@H]1CCC(C)C.[H-].[K+]. The number of ketones is 3. The average Bonchev–Trinajstić information content (AvgIpc) is 2.69. The Bertz CT molecular complexity index is 598. The number of rotatable bonds is 10. The van der Waals surface area contributed by atoms with E-state index in [-0.39, 0.29) is 95.4 Å². The van der Waals surface area contributed by atoms with Gasteiger partial charge in [-0.05, 0) is 30.6 Å². The summed E-state index contributed by atoms with van der Waals surface area (Å²) >= 11 is 0. The first-order chi connectivity index (χ1) is 11.9. The number of Topliss-reactive ketones (excluding diaryl/α,β-unsaturated/α-hetero) is 3. The Morgan fingerprint density at radius 1 is 1.04 bits per heavy atom. The number of aliphatic hydroxyl groups excluding tert-OH is 1. The van der Waals surface area contributed by atoms with Crippen molar-refractivity contribution in [2.24, 2.45) is 23.7 Å². The van der Waals surface area contributed by atoms with E-state index in [0.29, 0.717) is 12.8 Å². The van der Waals surface area contributed by atoms with Crippen LogP contribution in [0.1, 0.15) is 75.1 Å². The van der Waals surface area contributed by atoms with Gasteiger partial charge in [0, 0.05) is 12.8 Å². The summed E-state index contributed by atoms with van der Waals surface area (Å²) in [6.07, 6.45) is 1.60. The van der Waals surface area contributed by atoms with Gasteiger partial charge in [-0.15, -0.1) is 0 Å². The first-order valence-electron chi connectivity index (χ1n) is 9.69. The molecule has 150 valence electrons. The molecule has 2 N–H and O–H groups in total. The number of aliphatic hydroxyl groups is 2. The van der Waals surface area contributed by atoms with Crippen LogP contribution in [-0.4, -0.2) is 33.2 Å². The second-order valence-corrected chi connectivity index (χ2v) is 8.75. The van der Waals surface area contributed by atoms with Crippen LogP contribution in [-0.2, 0) is 14.4 Å². The van der Waals surface area contributed by atoms with E-state index in [9.17, 15) is 24.6 Å². The molecule has 27 heavy (non-hydrogen) atoms. The van der Waals surface area contributed by atoms with Crippen molar-refractivity contribution in [1.29, 1.82) is 0 Å². The third-order valence-electron chi connectivity index (χ3n) is 4.94. The summed E-state index contributed by atoms with van der Waals surface area (Å²) in [5, 5.41) is 21.7. The molecule has 6 heteroatoms. The molecule has 0 saturated carbocycles. The Hall–Kier alpha value is 0.146. The molecular formula is C21H35KO5. The van der Waals surface area contributed by atoms with Gasteiger partial charge in [0.25, 0.3) is 0 Å². The molecule has 0 amide bonds. The van der Waals surface area contributed by atoms with Gasteiger partial charge in [-0.25, -0.2) is 0 Å². The smallest absolute Gasteiger partial charge is 1.00 e. The summed E-state index contributed by atoms with van der Waals surface area (Å²) < 4.78 is 0. The van der Waals surface area contributed by atoms with E-state index in [0.717, 1.165) is 0 Å². The Kier molecular flexibility index (Phi) is 11.4. The fourth-order valence-electron chi connectivity index (χ4n) is 3.36. The van der Waals surface area contributed by atoms with Crippen LogP contribution in [0.5, 0.6) is 0 Å². The molecule has 1 rings (SSSR count). The molecule has 0 saturated heterocycles. The molecule has 0 radical (unpaired) electrons. The summed E-state index contributed by atoms with van der Waals surface area (Å²) in [6, 6.07) is 0. The van der Waals surface area contributed by atoms with Gasteiger partial charge in [0.15, 0.2) is 23.0 Å². The molecule has 0 aromatic heterocycles. The molecule has 1 aliphatic carbocycles. The van der Waals surface area contributed by atoms with Crippen LogP contribution >= 0.6 is 0 Å². The van der Waals surface area contributed by atoms with Crippen LogP contribution in [0.4, 0.5) is 0 Å². The Labute approximate surface area is 207 Å². The fourth-order valence-corrected chi connectivity index (χ4v) is 3.36. The van der Waals surface area contributed by atoms with Gasteiger partial charge in [0.2, 0.25) is 0 Å². The molecule has 0 spiro atoms. The van der Waals surface area contributed by atoms with Gasteiger partial charge in [0.1, 0.15) is 11.3 Å². The molecule has 0 unspecified atom stereocenters. The molecular weight excluding hydrogens is 371 g/mol. The van der Waals surface area contributed by atoms with Crippen LogP contribution in [0.25, 0.3) is 0 Å². The van der Waals surface area contributed by atoms with Gasteiger partial charge < -0.3 is 11.6 Å². The third-order valence-corrected chi connectivity index (χ3v) is 4.94. The van der Waals surface area contributed by atoms with Gasteiger partial charge in [-0.2, -0.15) is 0 Å². The quantitative estimate of drug-likeness (QED) is 0.415. The van der Waals surface area contributed by atoms with Crippen molar-refractivity contribution in [3.8, 4) is 0 Å². The second-order valence-electron chi connectivity index (χ2n) is 8.75. The predicted molar refractivity (Wildman–Crippen MR) is 102 cm³/mol. The van der Waals surface area contributed by atoms with E-state index < -0.39 is 34.6 Å². The zero-order valence-electron chi connectivity index (χ0n) is 19.0. The van der Waals surface area contributed by atoms with E-state index >= 15 is 0 Å². The topological polar surface area (TPSA) is 91.7 Å². The zero-order chi connectivity index (χ0) is 20.2. The monoisotopic (exact) mass is 406 g/mol. The molecule has 0 aromatic carbocycles. The van der Waals surface area contributed by atoms with E-state index in [1.165, 1.54) is 0 Å². The third kappa shape index (κ3) is 6.58. The van der Waals surface area contributed by atoms with E-state index in [4.69, 9.17) is 0 Å². The van der Waals surface area contributed by atoms with Gasteiger partial charge >= 0.3 is 51.4 Å². The number of carbonyl (C=O) groups excluding carboxylic acids is 3. The largest absolute Gasteiger partial charge is 1.00 e. The molecule has 0 fully saturated rings. The molecule has 0 aromatic rings. The van der Waals surface area contributed by atoms with Crippen LogP contribution in [0.2, 0.25) is 0 Å². The zero-order valence-corrected chi connectivity index (χ0v) is 21.1. The number of hydrogen-bond acceptors (Lipinski definition) is 5. The normalized spacial score (nSPS) is 22.7. The van der Waals surface area contributed by atoms with Crippen molar-refractivity contribution in [2.75, 3.05) is 0 Å². The van der Waals surface area contributed by atoms with Crippen molar-refractivity contribution in [1.82, 2.24) is 0 Å². The first kappa shape index (κ1) is 27.1. The maximum Gasteiger partial charge on any atom is 1.00 e. The fraction of sp³-hybridized carbons (Fsp3) is 0.762. The number of allylic oxidation sites excluding steroid dienone is 1. The van der Waals surface area contributed by atoms with Crippen molar-refractivity contribution in [3.63, 3.8) is 0 Å².